The monoisotopic (exact) mass is 324 g/mol. The van der Waals surface area contributed by atoms with Crippen LogP contribution in [0.4, 0.5) is 4.39 Å². The summed E-state index contributed by atoms with van der Waals surface area (Å²) < 4.78 is 18.8. The van der Waals surface area contributed by atoms with E-state index in [0.717, 1.165) is 0 Å². The second-order valence-corrected chi connectivity index (χ2v) is 4.78. The Hall–Kier alpha value is -2.09. The molecule has 96 valence electrons. The molecule has 6 nitrogen and oxygen atoms in total. The van der Waals surface area contributed by atoms with Gasteiger partial charge < -0.3 is 0 Å². The Morgan fingerprint density at radius 2 is 2.21 bits per heavy atom. The predicted octanol–water partition coefficient (Wildman–Crippen LogP) is 1.80. The third-order valence-electron chi connectivity index (χ3n) is 2.58. The molecule has 8 heteroatoms. The average molecular weight is 325 g/mol. The fourth-order valence-electron chi connectivity index (χ4n) is 1.66. The minimum absolute atomic E-state index is 0.0667. The molecule has 0 aliphatic carbocycles. The van der Waals surface area contributed by atoms with Gasteiger partial charge in [-0.25, -0.2) is 14.0 Å². The molecule has 0 saturated carbocycles. The van der Waals surface area contributed by atoms with Crippen LogP contribution >= 0.6 is 15.9 Å². The van der Waals surface area contributed by atoms with Gasteiger partial charge in [0.25, 0.3) is 5.56 Å². The van der Waals surface area contributed by atoms with Gasteiger partial charge in [0.15, 0.2) is 0 Å². The van der Waals surface area contributed by atoms with Crippen molar-refractivity contribution < 1.29 is 9.02 Å². The standard InChI is InChI=1S/C11H6BrFN4O2/c12-6-2-1-5(7(13)4-6)3-8-11(18)15-10-9(14-8)16-19-17-10/h1-2,4H,3H2,(H,15,17,18). The van der Waals surface area contributed by atoms with E-state index in [-0.39, 0.29) is 23.4 Å². The molecular weight excluding hydrogens is 319 g/mol. The van der Waals surface area contributed by atoms with Crippen molar-refractivity contribution in [3.05, 3.63) is 50.1 Å². The number of aromatic amines is 1. The molecule has 0 spiro atoms. The summed E-state index contributed by atoms with van der Waals surface area (Å²) in [4.78, 5) is 18.2. The molecule has 0 fully saturated rings. The second kappa shape index (κ2) is 4.54. The van der Waals surface area contributed by atoms with Crippen LogP contribution in [0.15, 0.2) is 32.1 Å². The molecule has 0 atom stereocenters. The summed E-state index contributed by atoms with van der Waals surface area (Å²) in [5.41, 5.74) is 0.448. The Bertz CT molecular complexity index is 814. The number of benzene rings is 1. The zero-order valence-corrected chi connectivity index (χ0v) is 10.9. The van der Waals surface area contributed by atoms with Crippen LogP contribution in [-0.4, -0.2) is 20.3 Å². The molecule has 3 rings (SSSR count). The van der Waals surface area contributed by atoms with E-state index in [4.69, 9.17) is 0 Å². The van der Waals surface area contributed by atoms with Gasteiger partial charge in [0.2, 0.25) is 11.3 Å². The first kappa shape index (κ1) is 12.0. The molecule has 0 aliphatic rings. The highest BCUT2D eigenvalue weighted by Crippen LogP contribution is 2.17. The van der Waals surface area contributed by atoms with E-state index in [9.17, 15) is 9.18 Å². The number of nitrogens with one attached hydrogen (secondary N) is 1. The van der Waals surface area contributed by atoms with Gasteiger partial charge in [-0.05, 0) is 28.0 Å². The first-order valence-corrected chi connectivity index (χ1v) is 6.08. The van der Waals surface area contributed by atoms with Crippen LogP contribution in [0.3, 0.4) is 0 Å². The Morgan fingerprint density at radius 3 is 3.00 bits per heavy atom. The summed E-state index contributed by atoms with van der Waals surface area (Å²) >= 11 is 3.17. The van der Waals surface area contributed by atoms with Crippen molar-refractivity contribution in [1.82, 2.24) is 20.3 Å². The van der Waals surface area contributed by atoms with Crippen LogP contribution in [0, 0.1) is 5.82 Å². The van der Waals surface area contributed by atoms with Gasteiger partial charge >= 0.3 is 0 Å². The van der Waals surface area contributed by atoms with Gasteiger partial charge in [0.05, 0.1) is 0 Å². The fraction of sp³-hybridized carbons (Fsp3) is 0.0909. The van der Waals surface area contributed by atoms with Gasteiger partial charge in [-0.15, -0.1) is 0 Å². The molecule has 0 bridgehead atoms. The van der Waals surface area contributed by atoms with Crippen molar-refractivity contribution >= 4 is 27.2 Å². The number of rotatable bonds is 2. The summed E-state index contributed by atoms with van der Waals surface area (Å²) in [6.07, 6.45) is 0.0667. The topological polar surface area (TPSA) is 84.7 Å². The van der Waals surface area contributed by atoms with Crippen molar-refractivity contribution in [2.24, 2.45) is 0 Å². The van der Waals surface area contributed by atoms with Crippen molar-refractivity contribution in [2.45, 2.75) is 6.42 Å². The molecular formula is C11H6BrFN4O2. The Morgan fingerprint density at radius 1 is 1.37 bits per heavy atom. The van der Waals surface area contributed by atoms with Gasteiger partial charge in [-0.2, -0.15) is 0 Å². The maximum Gasteiger partial charge on any atom is 0.271 e. The van der Waals surface area contributed by atoms with Crippen LogP contribution in [-0.2, 0) is 6.42 Å². The number of hydrogen-bond donors (Lipinski definition) is 1. The largest absolute Gasteiger partial charge is 0.299 e. The molecule has 3 aromatic rings. The van der Waals surface area contributed by atoms with E-state index in [2.05, 4.69) is 40.8 Å². The zero-order chi connectivity index (χ0) is 13.4. The van der Waals surface area contributed by atoms with Gasteiger partial charge in [0, 0.05) is 10.9 Å². The molecule has 0 saturated heterocycles. The predicted molar refractivity (Wildman–Crippen MR) is 67.1 cm³/mol. The average Bonchev–Trinajstić information content (AvgIpc) is 2.80. The lowest BCUT2D eigenvalue weighted by Gasteiger charge is -2.02. The van der Waals surface area contributed by atoms with Gasteiger partial charge in [-0.3, -0.25) is 9.78 Å². The normalized spacial score (nSPS) is 11.1. The fourth-order valence-corrected chi connectivity index (χ4v) is 1.99. The zero-order valence-electron chi connectivity index (χ0n) is 9.35. The highest BCUT2D eigenvalue weighted by atomic mass is 79.9. The smallest absolute Gasteiger partial charge is 0.271 e. The van der Waals surface area contributed by atoms with E-state index in [1.54, 1.807) is 12.1 Å². The molecule has 19 heavy (non-hydrogen) atoms. The molecule has 2 heterocycles. The Balaban J connectivity index is 2.04. The third kappa shape index (κ3) is 2.26. The minimum Gasteiger partial charge on any atom is -0.299 e. The Labute approximate surface area is 113 Å². The molecule has 0 radical (unpaired) electrons. The summed E-state index contributed by atoms with van der Waals surface area (Å²) in [6.45, 7) is 0. The molecule has 0 aliphatic heterocycles. The summed E-state index contributed by atoms with van der Waals surface area (Å²) in [5, 5.41) is 7.00. The lowest BCUT2D eigenvalue weighted by atomic mass is 10.1. The van der Waals surface area contributed by atoms with Crippen molar-refractivity contribution in [2.75, 3.05) is 0 Å². The number of H-pyrrole nitrogens is 1. The number of fused-ring (bicyclic) bond motifs is 1. The lowest BCUT2D eigenvalue weighted by molar-refractivity contribution is 0.314. The highest BCUT2D eigenvalue weighted by Gasteiger charge is 2.12. The molecule has 1 N–H and O–H groups in total. The van der Waals surface area contributed by atoms with Crippen LogP contribution in [0.25, 0.3) is 11.3 Å². The van der Waals surface area contributed by atoms with Crippen LogP contribution in [0.2, 0.25) is 0 Å². The SMILES string of the molecule is O=c1[nH]c2nonc2nc1Cc1ccc(Br)cc1F. The minimum atomic E-state index is -0.439. The van der Waals surface area contributed by atoms with Gasteiger partial charge in [-0.1, -0.05) is 22.0 Å². The summed E-state index contributed by atoms with van der Waals surface area (Å²) in [5.74, 6) is -0.408. The second-order valence-electron chi connectivity index (χ2n) is 3.86. The Kier molecular flexibility index (Phi) is 2.86. The van der Waals surface area contributed by atoms with Crippen LogP contribution in [0.1, 0.15) is 11.3 Å². The van der Waals surface area contributed by atoms with E-state index >= 15 is 0 Å². The van der Waals surface area contributed by atoms with Gasteiger partial charge in [0.1, 0.15) is 11.5 Å². The number of aromatic nitrogens is 4. The first-order valence-electron chi connectivity index (χ1n) is 5.29. The van der Waals surface area contributed by atoms with E-state index < -0.39 is 11.4 Å². The number of hydrogen-bond acceptors (Lipinski definition) is 5. The molecule has 0 unspecified atom stereocenters. The van der Waals surface area contributed by atoms with Crippen molar-refractivity contribution in [3.8, 4) is 0 Å². The quantitative estimate of drug-likeness (QED) is 0.777. The maximum atomic E-state index is 13.7. The molecule has 1 aromatic carbocycles. The first-order chi connectivity index (χ1) is 9.13. The summed E-state index contributed by atoms with van der Waals surface area (Å²) in [6, 6.07) is 4.62. The number of nitrogens with zero attached hydrogens (tertiary/aromatic N) is 3. The van der Waals surface area contributed by atoms with E-state index in [1.807, 2.05) is 0 Å². The van der Waals surface area contributed by atoms with Crippen molar-refractivity contribution in [1.29, 1.82) is 0 Å². The maximum absolute atomic E-state index is 13.7. The van der Waals surface area contributed by atoms with E-state index in [1.165, 1.54) is 6.07 Å². The molecule has 2 aromatic heterocycles. The third-order valence-corrected chi connectivity index (χ3v) is 3.07. The number of halogens is 2. The lowest BCUT2D eigenvalue weighted by Crippen LogP contribution is -2.16. The van der Waals surface area contributed by atoms with Crippen LogP contribution < -0.4 is 5.56 Å². The van der Waals surface area contributed by atoms with Crippen LogP contribution in [0.5, 0.6) is 0 Å². The molecule has 0 amide bonds. The van der Waals surface area contributed by atoms with E-state index in [0.29, 0.717) is 10.0 Å². The summed E-state index contributed by atoms with van der Waals surface area (Å²) in [7, 11) is 0. The van der Waals surface area contributed by atoms with Crippen molar-refractivity contribution in [3.63, 3.8) is 0 Å². The highest BCUT2D eigenvalue weighted by molar-refractivity contribution is 9.10.